The summed E-state index contributed by atoms with van der Waals surface area (Å²) in [5.74, 6) is 0.348. The van der Waals surface area contributed by atoms with E-state index in [0.717, 1.165) is 37.8 Å². The number of hydrogen-bond donors (Lipinski definition) is 0. The molecule has 5 nitrogen and oxygen atoms in total. The molecule has 0 amide bonds. The number of ether oxygens (including phenoxy) is 4. The molecule has 48 heavy (non-hydrogen) atoms. The predicted molar refractivity (Wildman–Crippen MR) is 176 cm³/mol. The quantitative estimate of drug-likeness (QED) is 0.0713. The molecule has 1 fully saturated rings. The van der Waals surface area contributed by atoms with E-state index in [1.54, 1.807) is 18.2 Å². The van der Waals surface area contributed by atoms with Crippen LogP contribution in [-0.4, -0.2) is 52.0 Å². The van der Waals surface area contributed by atoms with Crippen LogP contribution in [0.4, 0.5) is 26.3 Å². The van der Waals surface area contributed by atoms with Gasteiger partial charge in [0.05, 0.1) is 23.3 Å². The summed E-state index contributed by atoms with van der Waals surface area (Å²) in [6, 6.07) is 9.83. The Kier molecular flexibility index (Phi) is 12.4. The van der Waals surface area contributed by atoms with Crippen LogP contribution in [0, 0.1) is 0 Å². The van der Waals surface area contributed by atoms with Crippen LogP contribution in [0.3, 0.4) is 0 Å². The smallest absolute Gasteiger partial charge is 0.430 e. The summed E-state index contributed by atoms with van der Waals surface area (Å²) >= 11 is 12.9. The molecule has 1 aliphatic rings. The maximum absolute atomic E-state index is 14.5. The lowest BCUT2D eigenvalue weighted by Crippen LogP contribution is -2.56. The molecule has 14 heteroatoms. The zero-order valence-electron chi connectivity index (χ0n) is 27.1. The van der Waals surface area contributed by atoms with Crippen molar-refractivity contribution in [3.63, 3.8) is 0 Å². The standard InChI is InChI=1S/C34H39Cl2F6NO4Si/c1-44-30-14-11-23(17-31(30)47-25-7-5-6-8-25)26(18-27-28(35)19-43-20-29(27)36)22-9-12-24(13-10-22)32(33(37,38)39,34(40,41)42)46-21-45-15-16-48(2,3)4/h9-14,17,19-20,25-26H,5-8,15-16,18,21H2,1-4H3. The van der Waals surface area contributed by atoms with Gasteiger partial charge in [-0.05, 0) is 67.0 Å². The van der Waals surface area contributed by atoms with Crippen LogP contribution >= 0.6 is 23.2 Å². The first-order chi connectivity index (χ1) is 22.5. The molecule has 0 aliphatic heterocycles. The molecule has 1 aromatic heterocycles. The van der Waals surface area contributed by atoms with Crippen molar-refractivity contribution in [1.82, 2.24) is 4.98 Å². The monoisotopic (exact) mass is 737 g/mol. The highest BCUT2D eigenvalue weighted by Gasteiger charge is 2.73. The van der Waals surface area contributed by atoms with Crippen LogP contribution < -0.4 is 9.47 Å². The lowest BCUT2D eigenvalue weighted by Gasteiger charge is -2.37. The highest BCUT2D eigenvalue weighted by atomic mass is 35.5. The Labute approximate surface area is 287 Å². The molecule has 1 saturated carbocycles. The molecule has 0 radical (unpaired) electrons. The molecule has 0 bridgehead atoms. The molecule has 3 aromatic rings. The Morgan fingerprint density at radius 2 is 1.44 bits per heavy atom. The maximum Gasteiger partial charge on any atom is 0.430 e. The van der Waals surface area contributed by atoms with E-state index in [1.165, 1.54) is 31.6 Å². The van der Waals surface area contributed by atoms with Crippen molar-refractivity contribution in [3.8, 4) is 11.5 Å². The van der Waals surface area contributed by atoms with Crippen molar-refractivity contribution in [2.45, 2.75) is 87.8 Å². The Hall–Kier alpha value is -2.51. The van der Waals surface area contributed by atoms with Gasteiger partial charge in [-0.1, -0.05) is 73.2 Å². The summed E-state index contributed by atoms with van der Waals surface area (Å²) < 4.78 is 108. The van der Waals surface area contributed by atoms with Crippen molar-refractivity contribution in [3.05, 3.63) is 87.2 Å². The molecule has 0 spiro atoms. The number of rotatable bonds is 14. The highest BCUT2D eigenvalue weighted by Crippen LogP contribution is 2.53. The number of nitrogens with zero attached hydrogens (tertiary/aromatic N) is 1. The third kappa shape index (κ3) is 8.98. The van der Waals surface area contributed by atoms with Gasteiger partial charge >= 0.3 is 12.4 Å². The van der Waals surface area contributed by atoms with Crippen LogP contribution in [0.5, 0.6) is 11.5 Å². The van der Waals surface area contributed by atoms with E-state index in [4.69, 9.17) is 37.4 Å². The molecule has 1 aliphatic carbocycles. The SMILES string of the molecule is COc1ccc(C(Cc2c(Cl)cncc2Cl)c2ccc(C(OCOCC[Si](C)(C)C)(C(F)(F)F)C(F)(F)F)cc2)cc1OC1CCCC1. The van der Waals surface area contributed by atoms with Crippen molar-refractivity contribution in [2.75, 3.05) is 20.5 Å². The van der Waals surface area contributed by atoms with Crippen LogP contribution in [0.1, 0.15) is 53.9 Å². The van der Waals surface area contributed by atoms with E-state index in [0.29, 0.717) is 34.2 Å². The van der Waals surface area contributed by atoms with Gasteiger partial charge in [-0.25, -0.2) is 0 Å². The number of aromatic nitrogens is 1. The van der Waals surface area contributed by atoms with E-state index in [9.17, 15) is 26.3 Å². The first-order valence-electron chi connectivity index (χ1n) is 15.5. The molecule has 1 heterocycles. The van der Waals surface area contributed by atoms with Crippen LogP contribution in [-0.2, 0) is 21.5 Å². The Bertz CT molecular complexity index is 1480. The molecule has 1 atom stereocenters. The van der Waals surface area contributed by atoms with Crippen LogP contribution in [0.15, 0.2) is 54.9 Å². The van der Waals surface area contributed by atoms with Gasteiger partial charge in [0.25, 0.3) is 5.60 Å². The number of alkyl halides is 6. The third-order valence-electron chi connectivity index (χ3n) is 8.42. The number of hydrogen-bond acceptors (Lipinski definition) is 5. The Morgan fingerprint density at radius 1 is 0.854 bits per heavy atom. The zero-order chi connectivity index (χ0) is 35.3. The fourth-order valence-corrected chi connectivity index (χ4v) is 6.98. The fraction of sp³-hybridized carbons (Fsp3) is 0.500. The van der Waals surface area contributed by atoms with Gasteiger partial charge in [0, 0.05) is 38.6 Å². The second kappa shape index (κ2) is 15.6. The number of halogens is 8. The molecule has 4 rings (SSSR count). The predicted octanol–water partition coefficient (Wildman–Crippen LogP) is 10.7. The lowest BCUT2D eigenvalue weighted by atomic mass is 9.83. The van der Waals surface area contributed by atoms with E-state index >= 15 is 0 Å². The summed E-state index contributed by atoms with van der Waals surface area (Å²) in [6.45, 7) is 4.81. The minimum atomic E-state index is -5.85. The van der Waals surface area contributed by atoms with Crippen LogP contribution in [0.2, 0.25) is 35.7 Å². The van der Waals surface area contributed by atoms with Crippen molar-refractivity contribution < 1.29 is 45.3 Å². The van der Waals surface area contributed by atoms with Gasteiger partial charge < -0.3 is 18.9 Å². The van der Waals surface area contributed by atoms with Gasteiger partial charge in [0.15, 0.2) is 11.5 Å². The molecular weight excluding hydrogens is 699 g/mol. The summed E-state index contributed by atoms with van der Waals surface area (Å²) in [4.78, 5) is 3.99. The van der Waals surface area contributed by atoms with Gasteiger partial charge in [-0.2, -0.15) is 26.3 Å². The normalized spacial score (nSPS) is 15.5. The van der Waals surface area contributed by atoms with Gasteiger partial charge in [0.2, 0.25) is 0 Å². The zero-order valence-corrected chi connectivity index (χ0v) is 29.6. The minimum absolute atomic E-state index is 0.00616. The largest absolute Gasteiger partial charge is 0.493 e. The molecule has 0 N–H and O–H groups in total. The number of methoxy groups -OCH3 is 1. The van der Waals surface area contributed by atoms with Crippen molar-refractivity contribution in [2.24, 2.45) is 0 Å². The summed E-state index contributed by atoms with van der Waals surface area (Å²) in [5.41, 5.74) is -4.17. The van der Waals surface area contributed by atoms with Crippen molar-refractivity contribution in [1.29, 1.82) is 0 Å². The topological polar surface area (TPSA) is 49.8 Å². The first kappa shape index (κ1) is 38.3. The second-order valence-electron chi connectivity index (χ2n) is 13.1. The second-order valence-corrected chi connectivity index (χ2v) is 19.5. The van der Waals surface area contributed by atoms with E-state index in [1.807, 2.05) is 19.6 Å². The average Bonchev–Trinajstić information content (AvgIpc) is 3.50. The average molecular weight is 739 g/mol. The summed E-state index contributed by atoms with van der Waals surface area (Å²) in [5, 5.41) is 0.520. The minimum Gasteiger partial charge on any atom is -0.493 e. The maximum atomic E-state index is 14.5. The van der Waals surface area contributed by atoms with E-state index < -0.39 is 44.3 Å². The molecule has 2 aromatic carbocycles. The third-order valence-corrected chi connectivity index (χ3v) is 10.8. The number of pyridine rings is 1. The summed E-state index contributed by atoms with van der Waals surface area (Å²) in [6.07, 6.45) is -4.90. The number of benzene rings is 2. The van der Waals surface area contributed by atoms with Gasteiger partial charge in [0.1, 0.15) is 6.79 Å². The molecule has 1 unspecified atom stereocenters. The molecular formula is C34H39Cl2F6NO4Si. The van der Waals surface area contributed by atoms with Crippen molar-refractivity contribution >= 4 is 31.3 Å². The lowest BCUT2D eigenvalue weighted by molar-refractivity contribution is -0.401. The van der Waals surface area contributed by atoms with Crippen LogP contribution in [0.25, 0.3) is 0 Å². The Morgan fingerprint density at radius 3 is 1.98 bits per heavy atom. The molecule has 0 saturated heterocycles. The first-order valence-corrected chi connectivity index (χ1v) is 20.0. The Balaban J connectivity index is 1.76. The molecule has 264 valence electrons. The van der Waals surface area contributed by atoms with Gasteiger partial charge in [-0.3, -0.25) is 4.98 Å². The van der Waals surface area contributed by atoms with E-state index in [-0.39, 0.29) is 29.2 Å². The highest BCUT2D eigenvalue weighted by molar-refractivity contribution is 6.76. The summed E-state index contributed by atoms with van der Waals surface area (Å²) in [7, 11) is -0.139. The fourth-order valence-electron chi connectivity index (χ4n) is 5.71. The van der Waals surface area contributed by atoms with Gasteiger partial charge in [-0.15, -0.1) is 0 Å². The van der Waals surface area contributed by atoms with E-state index in [2.05, 4.69) is 9.72 Å².